The first kappa shape index (κ1) is 13.5. The van der Waals surface area contributed by atoms with E-state index in [1.54, 1.807) is 0 Å². The average Bonchev–Trinajstić information content (AvgIpc) is 2.94. The molecule has 1 atom stereocenters. The van der Waals surface area contributed by atoms with Crippen LogP contribution in [0.3, 0.4) is 0 Å². The van der Waals surface area contributed by atoms with Crippen molar-refractivity contribution >= 4 is 27.5 Å². The second kappa shape index (κ2) is 5.25. The SMILES string of the molecule is Brc1cccn2nc(N3CCCC4(CCCNC4)C3)nc12. The predicted molar refractivity (Wildman–Crippen MR) is 86.7 cm³/mol. The quantitative estimate of drug-likeness (QED) is 0.858. The molecule has 0 bridgehead atoms. The Morgan fingerprint density at radius 1 is 1.29 bits per heavy atom. The second-order valence-electron chi connectivity index (χ2n) is 6.34. The third-order valence-corrected chi connectivity index (χ3v) is 5.43. The van der Waals surface area contributed by atoms with Gasteiger partial charge in [0.25, 0.3) is 0 Å². The van der Waals surface area contributed by atoms with Gasteiger partial charge in [0.1, 0.15) is 0 Å². The van der Waals surface area contributed by atoms with E-state index < -0.39 is 0 Å². The van der Waals surface area contributed by atoms with Crippen LogP contribution in [-0.2, 0) is 0 Å². The molecule has 2 aliphatic heterocycles. The van der Waals surface area contributed by atoms with Gasteiger partial charge in [-0.25, -0.2) is 4.52 Å². The Morgan fingerprint density at radius 3 is 3.00 bits per heavy atom. The van der Waals surface area contributed by atoms with Crippen molar-refractivity contribution < 1.29 is 0 Å². The summed E-state index contributed by atoms with van der Waals surface area (Å²) in [4.78, 5) is 7.10. The highest BCUT2D eigenvalue weighted by molar-refractivity contribution is 9.10. The minimum atomic E-state index is 0.422. The summed E-state index contributed by atoms with van der Waals surface area (Å²) in [6.45, 7) is 4.45. The molecule has 5 nitrogen and oxygen atoms in total. The summed E-state index contributed by atoms with van der Waals surface area (Å²) < 4.78 is 2.86. The maximum atomic E-state index is 4.72. The minimum absolute atomic E-state index is 0.422. The second-order valence-corrected chi connectivity index (χ2v) is 7.20. The molecule has 1 unspecified atom stereocenters. The first-order chi connectivity index (χ1) is 10.3. The van der Waals surface area contributed by atoms with Gasteiger partial charge in [-0.1, -0.05) is 0 Å². The van der Waals surface area contributed by atoms with Crippen molar-refractivity contribution in [3.05, 3.63) is 22.8 Å². The van der Waals surface area contributed by atoms with Gasteiger partial charge >= 0.3 is 0 Å². The van der Waals surface area contributed by atoms with Gasteiger partial charge in [0, 0.05) is 31.2 Å². The van der Waals surface area contributed by atoms with Crippen LogP contribution in [0.5, 0.6) is 0 Å². The smallest absolute Gasteiger partial charge is 0.245 e. The number of nitrogens with zero attached hydrogens (tertiary/aromatic N) is 4. The number of aromatic nitrogens is 3. The van der Waals surface area contributed by atoms with Gasteiger partial charge in [-0.3, -0.25) is 0 Å². The van der Waals surface area contributed by atoms with E-state index in [1.165, 1.54) is 32.2 Å². The third-order valence-electron chi connectivity index (χ3n) is 4.81. The molecule has 2 aromatic heterocycles. The molecule has 0 amide bonds. The van der Waals surface area contributed by atoms with E-state index >= 15 is 0 Å². The highest BCUT2D eigenvalue weighted by Crippen LogP contribution is 2.37. The maximum Gasteiger partial charge on any atom is 0.245 e. The molecule has 1 spiro atoms. The Kier molecular flexibility index (Phi) is 3.38. The fourth-order valence-electron chi connectivity index (χ4n) is 3.75. The number of fused-ring (bicyclic) bond motifs is 1. The predicted octanol–water partition coefficient (Wildman–Crippen LogP) is 2.46. The van der Waals surface area contributed by atoms with Crippen molar-refractivity contribution in [2.75, 3.05) is 31.1 Å². The van der Waals surface area contributed by atoms with E-state index in [9.17, 15) is 0 Å². The summed E-state index contributed by atoms with van der Waals surface area (Å²) in [6.07, 6.45) is 7.13. The summed E-state index contributed by atoms with van der Waals surface area (Å²) in [7, 11) is 0. The molecule has 0 radical (unpaired) electrons. The Balaban J connectivity index is 1.63. The van der Waals surface area contributed by atoms with Gasteiger partial charge < -0.3 is 10.2 Å². The van der Waals surface area contributed by atoms with Gasteiger partial charge in [-0.15, -0.1) is 5.10 Å². The van der Waals surface area contributed by atoms with E-state index in [4.69, 9.17) is 4.98 Å². The number of nitrogens with one attached hydrogen (secondary N) is 1. The number of rotatable bonds is 1. The lowest BCUT2D eigenvalue weighted by atomic mass is 9.74. The molecule has 0 aromatic carbocycles. The number of pyridine rings is 1. The van der Waals surface area contributed by atoms with Crippen LogP contribution < -0.4 is 10.2 Å². The molecular formula is C15H20BrN5. The zero-order chi connectivity index (χ0) is 14.3. The lowest BCUT2D eigenvalue weighted by Gasteiger charge is -2.45. The van der Waals surface area contributed by atoms with E-state index in [-0.39, 0.29) is 0 Å². The first-order valence-corrected chi connectivity index (χ1v) is 8.52. The van der Waals surface area contributed by atoms with Crippen LogP contribution in [0.2, 0.25) is 0 Å². The van der Waals surface area contributed by atoms with Crippen LogP contribution in [0, 0.1) is 5.41 Å². The van der Waals surface area contributed by atoms with Crippen LogP contribution in [0.1, 0.15) is 25.7 Å². The van der Waals surface area contributed by atoms with Gasteiger partial charge in [0.15, 0.2) is 5.65 Å². The molecule has 2 aliphatic rings. The summed E-state index contributed by atoms with van der Waals surface area (Å²) in [5, 5.41) is 8.23. The molecule has 2 fully saturated rings. The largest absolute Gasteiger partial charge is 0.339 e. The monoisotopic (exact) mass is 349 g/mol. The fourth-order valence-corrected chi connectivity index (χ4v) is 4.18. The summed E-state index contributed by atoms with van der Waals surface area (Å²) in [5.41, 5.74) is 1.32. The maximum absolute atomic E-state index is 4.72. The standard InChI is InChI=1S/C15H20BrN5/c16-12-4-1-9-21-13(12)18-14(19-21)20-8-3-6-15(11-20)5-2-7-17-10-15/h1,4,9,17H,2-3,5-8,10-11H2. The molecule has 6 heteroatoms. The summed E-state index contributed by atoms with van der Waals surface area (Å²) in [6, 6.07) is 3.99. The molecular weight excluding hydrogens is 330 g/mol. The molecule has 4 rings (SSSR count). The van der Waals surface area contributed by atoms with E-state index in [1.807, 2.05) is 22.8 Å². The average molecular weight is 350 g/mol. The van der Waals surface area contributed by atoms with Crippen molar-refractivity contribution in [3.63, 3.8) is 0 Å². The van der Waals surface area contributed by atoms with Crippen LogP contribution in [0.4, 0.5) is 5.95 Å². The third kappa shape index (κ3) is 2.44. The number of hydrogen-bond acceptors (Lipinski definition) is 4. The van der Waals surface area contributed by atoms with E-state index in [2.05, 4.69) is 31.2 Å². The molecule has 112 valence electrons. The van der Waals surface area contributed by atoms with E-state index in [0.29, 0.717) is 5.41 Å². The topological polar surface area (TPSA) is 45.5 Å². The van der Waals surface area contributed by atoms with Crippen molar-refractivity contribution in [3.8, 4) is 0 Å². The van der Waals surface area contributed by atoms with Crippen molar-refractivity contribution in [2.45, 2.75) is 25.7 Å². The van der Waals surface area contributed by atoms with Crippen molar-refractivity contribution in [2.24, 2.45) is 5.41 Å². The molecule has 2 aromatic rings. The van der Waals surface area contributed by atoms with Gasteiger partial charge in [0.05, 0.1) is 4.47 Å². The zero-order valence-electron chi connectivity index (χ0n) is 12.1. The Hall–Kier alpha value is -1.14. The first-order valence-electron chi connectivity index (χ1n) is 7.72. The number of piperidine rings is 2. The molecule has 0 aliphatic carbocycles. The molecule has 2 saturated heterocycles. The van der Waals surface area contributed by atoms with Crippen molar-refractivity contribution in [1.29, 1.82) is 0 Å². The van der Waals surface area contributed by atoms with E-state index in [0.717, 1.165) is 35.7 Å². The number of halogens is 1. The molecule has 0 saturated carbocycles. The lowest BCUT2D eigenvalue weighted by molar-refractivity contribution is 0.172. The Labute approximate surface area is 132 Å². The minimum Gasteiger partial charge on any atom is -0.339 e. The van der Waals surface area contributed by atoms with Crippen LogP contribution in [0.15, 0.2) is 22.8 Å². The Bertz CT molecular complexity index is 641. The fraction of sp³-hybridized carbons (Fsp3) is 0.600. The zero-order valence-corrected chi connectivity index (χ0v) is 13.6. The van der Waals surface area contributed by atoms with Crippen LogP contribution >= 0.6 is 15.9 Å². The highest BCUT2D eigenvalue weighted by Gasteiger charge is 2.37. The number of anilines is 1. The molecule has 4 heterocycles. The molecule has 21 heavy (non-hydrogen) atoms. The van der Waals surface area contributed by atoms with Crippen LogP contribution in [-0.4, -0.2) is 40.8 Å². The highest BCUT2D eigenvalue weighted by atomic mass is 79.9. The van der Waals surface area contributed by atoms with Crippen LogP contribution in [0.25, 0.3) is 5.65 Å². The Morgan fingerprint density at radius 2 is 2.19 bits per heavy atom. The molecule has 1 N–H and O–H groups in total. The summed E-state index contributed by atoms with van der Waals surface area (Å²) in [5.74, 6) is 0.867. The summed E-state index contributed by atoms with van der Waals surface area (Å²) >= 11 is 3.55. The normalized spacial score (nSPS) is 26.6. The van der Waals surface area contributed by atoms with Gasteiger partial charge in [0.2, 0.25) is 5.95 Å². The van der Waals surface area contributed by atoms with Gasteiger partial charge in [-0.2, -0.15) is 4.98 Å². The number of hydrogen-bond donors (Lipinski definition) is 1. The lowest BCUT2D eigenvalue weighted by Crippen LogP contribution is -2.51. The van der Waals surface area contributed by atoms with Gasteiger partial charge in [-0.05, 0) is 60.3 Å². The van der Waals surface area contributed by atoms with Crippen molar-refractivity contribution in [1.82, 2.24) is 19.9 Å².